The summed E-state index contributed by atoms with van der Waals surface area (Å²) in [7, 11) is 0. The maximum absolute atomic E-state index is 5.95. The number of fused-ring (bicyclic) bond motifs is 2. The van der Waals surface area contributed by atoms with E-state index in [1.165, 1.54) is 24.8 Å². The first kappa shape index (κ1) is 10.6. The molecule has 0 aliphatic heterocycles. The van der Waals surface area contributed by atoms with Gasteiger partial charge in [-0.05, 0) is 67.2 Å². The molecule has 0 saturated heterocycles. The van der Waals surface area contributed by atoms with Crippen LogP contribution in [0, 0.1) is 17.8 Å². The molecule has 2 bridgehead atoms. The van der Waals surface area contributed by atoms with Gasteiger partial charge in [0.2, 0.25) is 0 Å². The van der Waals surface area contributed by atoms with E-state index in [-0.39, 0.29) is 0 Å². The first-order valence-corrected chi connectivity index (χ1v) is 6.63. The molecule has 2 saturated carbocycles. The van der Waals surface area contributed by atoms with Crippen LogP contribution in [0.4, 0.5) is 0 Å². The lowest BCUT2D eigenvalue weighted by atomic mass is 9.75. The molecule has 3 rings (SSSR count). The number of hydrogen-bond acceptors (Lipinski definition) is 1. The molecule has 1 nitrogen and oxygen atoms in total. The molecule has 0 aromatic heterocycles. The SMILES string of the molecule is NC[C@@H]1[C@@H]2CC[C@@H](C2)[C@H]1c1ccc(Cl)cc1. The zero-order valence-electron chi connectivity index (χ0n) is 9.40. The van der Waals surface area contributed by atoms with Gasteiger partial charge in [-0.15, -0.1) is 0 Å². The minimum absolute atomic E-state index is 0.695. The number of benzene rings is 1. The Morgan fingerprint density at radius 1 is 1.12 bits per heavy atom. The van der Waals surface area contributed by atoms with E-state index < -0.39 is 0 Å². The van der Waals surface area contributed by atoms with Crippen LogP contribution in [-0.4, -0.2) is 6.54 Å². The van der Waals surface area contributed by atoms with Gasteiger partial charge in [0.1, 0.15) is 0 Å². The minimum atomic E-state index is 0.695. The first-order valence-electron chi connectivity index (χ1n) is 6.25. The van der Waals surface area contributed by atoms with Gasteiger partial charge >= 0.3 is 0 Å². The van der Waals surface area contributed by atoms with Crippen molar-refractivity contribution in [3.05, 3.63) is 34.9 Å². The Hall–Kier alpha value is -0.530. The van der Waals surface area contributed by atoms with Gasteiger partial charge in [-0.25, -0.2) is 0 Å². The molecular formula is C14H18ClN. The molecule has 2 aliphatic carbocycles. The van der Waals surface area contributed by atoms with Crippen LogP contribution in [-0.2, 0) is 0 Å². The molecule has 0 amide bonds. The maximum atomic E-state index is 5.95. The van der Waals surface area contributed by atoms with Gasteiger partial charge < -0.3 is 5.73 Å². The molecule has 1 aromatic carbocycles. The highest BCUT2D eigenvalue weighted by atomic mass is 35.5. The fourth-order valence-corrected chi connectivity index (χ4v) is 4.08. The van der Waals surface area contributed by atoms with Gasteiger partial charge in [-0.1, -0.05) is 23.7 Å². The third-order valence-electron chi connectivity index (χ3n) is 4.62. The highest BCUT2D eigenvalue weighted by Gasteiger charge is 2.47. The van der Waals surface area contributed by atoms with E-state index in [0.717, 1.165) is 23.4 Å². The average molecular weight is 236 g/mol. The van der Waals surface area contributed by atoms with Crippen LogP contribution in [0.5, 0.6) is 0 Å². The second-order valence-corrected chi connectivity index (χ2v) is 5.75. The van der Waals surface area contributed by atoms with Crippen molar-refractivity contribution in [2.75, 3.05) is 6.54 Å². The monoisotopic (exact) mass is 235 g/mol. The maximum Gasteiger partial charge on any atom is 0.0406 e. The van der Waals surface area contributed by atoms with Crippen LogP contribution >= 0.6 is 11.6 Å². The number of nitrogens with two attached hydrogens (primary N) is 1. The summed E-state index contributed by atoms with van der Waals surface area (Å²) in [5.41, 5.74) is 7.40. The molecule has 0 heterocycles. The summed E-state index contributed by atoms with van der Waals surface area (Å²) < 4.78 is 0. The van der Waals surface area contributed by atoms with Gasteiger partial charge in [0, 0.05) is 5.02 Å². The van der Waals surface area contributed by atoms with Crippen molar-refractivity contribution in [1.82, 2.24) is 0 Å². The van der Waals surface area contributed by atoms with E-state index in [1.807, 2.05) is 12.1 Å². The van der Waals surface area contributed by atoms with Gasteiger partial charge in [0.25, 0.3) is 0 Å². The number of rotatable bonds is 2. The van der Waals surface area contributed by atoms with Crippen LogP contribution in [0.2, 0.25) is 5.02 Å². The lowest BCUT2D eigenvalue weighted by Crippen LogP contribution is -2.27. The van der Waals surface area contributed by atoms with E-state index in [1.54, 1.807) is 0 Å². The second-order valence-electron chi connectivity index (χ2n) is 5.31. The summed E-state index contributed by atoms with van der Waals surface area (Å²) in [5, 5.41) is 0.830. The third-order valence-corrected chi connectivity index (χ3v) is 4.87. The minimum Gasteiger partial charge on any atom is -0.330 e. The molecule has 2 N–H and O–H groups in total. The molecular weight excluding hydrogens is 218 g/mol. The van der Waals surface area contributed by atoms with Crippen molar-refractivity contribution in [3.8, 4) is 0 Å². The zero-order chi connectivity index (χ0) is 11.1. The lowest BCUT2D eigenvalue weighted by Gasteiger charge is -2.30. The summed E-state index contributed by atoms with van der Waals surface area (Å²) in [5.74, 6) is 3.16. The standard InChI is InChI=1S/C14H18ClN/c15-12-5-3-9(4-6-12)14-11-2-1-10(7-11)13(14)8-16/h3-6,10-11,13-14H,1-2,7-8,16H2/t10-,11+,13-,14-/m1/s1. The zero-order valence-corrected chi connectivity index (χ0v) is 10.2. The van der Waals surface area contributed by atoms with Gasteiger partial charge in [-0.2, -0.15) is 0 Å². The van der Waals surface area contributed by atoms with Crippen LogP contribution < -0.4 is 5.73 Å². The van der Waals surface area contributed by atoms with Crippen molar-refractivity contribution in [3.63, 3.8) is 0 Å². The smallest absolute Gasteiger partial charge is 0.0406 e. The Balaban J connectivity index is 1.91. The highest BCUT2D eigenvalue weighted by molar-refractivity contribution is 6.30. The van der Waals surface area contributed by atoms with Gasteiger partial charge in [0.05, 0.1) is 0 Å². The van der Waals surface area contributed by atoms with Crippen molar-refractivity contribution in [2.24, 2.45) is 23.5 Å². The molecule has 0 unspecified atom stereocenters. The summed E-state index contributed by atoms with van der Waals surface area (Å²) >= 11 is 5.94. The van der Waals surface area contributed by atoms with Crippen molar-refractivity contribution in [2.45, 2.75) is 25.2 Å². The third kappa shape index (κ3) is 1.57. The first-order chi connectivity index (χ1) is 7.79. The topological polar surface area (TPSA) is 26.0 Å². The Morgan fingerprint density at radius 2 is 1.81 bits per heavy atom. The Morgan fingerprint density at radius 3 is 2.50 bits per heavy atom. The van der Waals surface area contributed by atoms with E-state index in [2.05, 4.69) is 12.1 Å². The molecule has 86 valence electrons. The number of hydrogen-bond donors (Lipinski definition) is 1. The molecule has 4 atom stereocenters. The summed E-state index contributed by atoms with van der Waals surface area (Å²) in [4.78, 5) is 0. The van der Waals surface area contributed by atoms with Crippen LogP contribution in [0.15, 0.2) is 24.3 Å². The van der Waals surface area contributed by atoms with Crippen LogP contribution in [0.1, 0.15) is 30.7 Å². The lowest BCUT2D eigenvalue weighted by molar-refractivity contribution is 0.295. The Kier molecular flexibility index (Phi) is 2.68. The van der Waals surface area contributed by atoms with Crippen molar-refractivity contribution >= 4 is 11.6 Å². The Bertz CT molecular complexity index is 373. The normalized spacial score (nSPS) is 36.9. The fraction of sp³-hybridized carbons (Fsp3) is 0.571. The van der Waals surface area contributed by atoms with Crippen LogP contribution in [0.25, 0.3) is 0 Å². The average Bonchev–Trinajstić information content (AvgIpc) is 2.89. The predicted molar refractivity (Wildman–Crippen MR) is 67.6 cm³/mol. The molecule has 1 aromatic rings. The molecule has 2 aliphatic rings. The molecule has 2 fully saturated rings. The van der Waals surface area contributed by atoms with Crippen LogP contribution in [0.3, 0.4) is 0 Å². The molecule has 0 spiro atoms. The van der Waals surface area contributed by atoms with E-state index in [4.69, 9.17) is 17.3 Å². The van der Waals surface area contributed by atoms with Crippen molar-refractivity contribution in [1.29, 1.82) is 0 Å². The van der Waals surface area contributed by atoms with Gasteiger partial charge in [-0.3, -0.25) is 0 Å². The summed E-state index contributed by atoms with van der Waals surface area (Å²) in [6, 6.07) is 8.40. The number of halogens is 1. The highest BCUT2D eigenvalue weighted by Crippen LogP contribution is 2.56. The van der Waals surface area contributed by atoms with Gasteiger partial charge in [0.15, 0.2) is 0 Å². The summed E-state index contributed by atoms with van der Waals surface area (Å²) in [6.45, 7) is 0.842. The van der Waals surface area contributed by atoms with E-state index in [9.17, 15) is 0 Å². The van der Waals surface area contributed by atoms with E-state index >= 15 is 0 Å². The quantitative estimate of drug-likeness (QED) is 0.835. The molecule has 16 heavy (non-hydrogen) atoms. The molecule has 2 heteroatoms. The van der Waals surface area contributed by atoms with E-state index in [0.29, 0.717) is 11.8 Å². The molecule has 0 radical (unpaired) electrons. The Labute approximate surface area is 102 Å². The van der Waals surface area contributed by atoms with Crippen molar-refractivity contribution < 1.29 is 0 Å². The summed E-state index contributed by atoms with van der Waals surface area (Å²) in [6.07, 6.45) is 4.19. The largest absolute Gasteiger partial charge is 0.330 e. The predicted octanol–water partition coefficient (Wildman–Crippen LogP) is 3.43. The second kappa shape index (κ2) is 4.05. The fourth-order valence-electron chi connectivity index (χ4n) is 3.95.